The monoisotopic (exact) mass is 242 g/mol. The van der Waals surface area contributed by atoms with Crippen LogP contribution in [0.2, 0.25) is 0 Å². The summed E-state index contributed by atoms with van der Waals surface area (Å²) in [7, 11) is 0. The van der Waals surface area contributed by atoms with E-state index in [1.165, 1.54) is 0 Å². The second-order valence-corrected chi connectivity index (χ2v) is 5.12. The van der Waals surface area contributed by atoms with Gasteiger partial charge in [0.05, 0.1) is 11.5 Å². The quantitative estimate of drug-likeness (QED) is 0.667. The van der Waals surface area contributed by atoms with Crippen LogP contribution in [0.25, 0.3) is 0 Å². The van der Waals surface area contributed by atoms with E-state index in [1.807, 2.05) is 6.92 Å². The lowest BCUT2D eigenvalue weighted by atomic mass is 9.95. The molecule has 1 amide bonds. The van der Waals surface area contributed by atoms with Crippen molar-refractivity contribution in [2.45, 2.75) is 57.5 Å². The van der Waals surface area contributed by atoms with Crippen LogP contribution in [0.5, 0.6) is 0 Å². The molecule has 0 aromatic carbocycles. The van der Waals surface area contributed by atoms with E-state index in [1.54, 1.807) is 6.92 Å². The lowest BCUT2D eigenvalue weighted by molar-refractivity contribution is -0.142. The summed E-state index contributed by atoms with van der Waals surface area (Å²) in [5, 5.41) is 11.8. The molecule has 0 radical (unpaired) electrons. The number of nitrogens with two attached hydrogens (primary N) is 1. The zero-order valence-electron chi connectivity index (χ0n) is 10.5. The fourth-order valence-corrected chi connectivity index (χ4v) is 2.39. The van der Waals surface area contributed by atoms with Crippen LogP contribution >= 0.6 is 0 Å². The number of carbonyl (C=O) groups excluding carboxylic acids is 1. The van der Waals surface area contributed by atoms with Gasteiger partial charge in [0.25, 0.3) is 0 Å². The van der Waals surface area contributed by atoms with Gasteiger partial charge in [0.2, 0.25) is 5.91 Å². The molecular formula is C12H22N2O3. The summed E-state index contributed by atoms with van der Waals surface area (Å²) in [6, 6.07) is -0.264. The molecule has 1 aliphatic carbocycles. The highest BCUT2D eigenvalue weighted by molar-refractivity contribution is 5.86. The van der Waals surface area contributed by atoms with Crippen molar-refractivity contribution in [3.05, 3.63) is 0 Å². The Kier molecular flexibility index (Phi) is 4.51. The minimum atomic E-state index is -0.902. The molecule has 98 valence electrons. The van der Waals surface area contributed by atoms with E-state index in [2.05, 4.69) is 5.32 Å². The summed E-state index contributed by atoms with van der Waals surface area (Å²) in [5.74, 6) is -1.53. The molecule has 0 aromatic heterocycles. The molecule has 1 fully saturated rings. The first-order chi connectivity index (χ1) is 7.88. The van der Waals surface area contributed by atoms with Crippen LogP contribution in [0, 0.1) is 5.92 Å². The number of amides is 1. The number of carboxylic acids is 1. The second-order valence-electron chi connectivity index (χ2n) is 5.12. The van der Waals surface area contributed by atoms with Gasteiger partial charge in [-0.1, -0.05) is 19.8 Å². The summed E-state index contributed by atoms with van der Waals surface area (Å²) in [4.78, 5) is 22.9. The SMILES string of the molecule is CCCC(C)(N)C(=O)NC1CCCC1C(=O)O. The topological polar surface area (TPSA) is 92.4 Å². The van der Waals surface area contributed by atoms with Gasteiger partial charge in [-0.3, -0.25) is 9.59 Å². The van der Waals surface area contributed by atoms with E-state index >= 15 is 0 Å². The van der Waals surface area contributed by atoms with Gasteiger partial charge in [0.1, 0.15) is 0 Å². The lowest BCUT2D eigenvalue weighted by Gasteiger charge is -2.26. The third kappa shape index (κ3) is 3.43. The van der Waals surface area contributed by atoms with Gasteiger partial charge in [0, 0.05) is 6.04 Å². The summed E-state index contributed by atoms with van der Waals surface area (Å²) in [6.07, 6.45) is 3.63. The van der Waals surface area contributed by atoms with E-state index in [-0.39, 0.29) is 11.9 Å². The molecule has 0 aromatic rings. The molecule has 0 spiro atoms. The Morgan fingerprint density at radius 2 is 2.12 bits per heavy atom. The molecule has 4 N–H and O–H groups in total. The molecule has 3 unspecified atom stereocenters. The normalized spacial score (nSPS) is 27.5. The van der Waals surface area contributed by atoms with Crippen molar-refractivity contribution in [2.75, 3.05) is 0 Å². The molecule has 0 saturated heterocycles. The van der Waals surface area contributed by atoms with Crippen LogP contribution in [0.4, 0.5) is 0 Å². The molecule has 0 aliphatic heterocycles. The predicted octanol–water partition coefficient (Wildman–Crippen LogP) is 0.873. The molecule has 1 rings (SSSR count). The summed E-state index contributed by atoms with van der Waals surface area (Å²) >= 11 is 0. The van der Waals surface area contributed by atoms with Gasteiger partial charge < -0.3 is 16.2 Å². The Bertz CT molecular complexity index is 302. The van der Waals surface area contributed by atoms with E-state index < -0.39 is 17.4 Å². The molecule has 1 saturated carbocycles. The van der Waals surface area contributed by atoms with Gasteiger partial charge >= 0.3 is 5.97 Å². The fourth-order valence-electron chi connectivity index (χ4n) is 2.39. The molecule has 0 heterocycles. The number of carbonyl (C=O) groups is 2. The van der Waals surface area contributed by atoms with Gasteiger partial charge in [-0.15, -0.1) is 0 Å². The van der Waals surface area contributed by atoms with Crippen LogP contribution in [-0.2, 0) is 9.59 Å². The minimum Gasteiger partial charge on any atom is -0.481 e. The van der Waals surface area contributed by atoms with E-state index in [4.69, 9.17) is 10.8 Å². The first-order valence-corrected chi connectivity index (χ1v) is 6.21. The lowest BCUT2D eigenvalue weighted by Crippen LogP contribution is -2.55. The molecule has 17 heavy (non-hydrogen) atoms. The minimum absolute atomic E-state index is 0.238. The Morgan fingerprint density at radius 1 is 1.47 bits per heavy atom. The number of hydrogen-bond donors (Lipinski definition) is 3. The van der Waals surface area contributed by atoms with Crippen molar-refractivity contribution in [2.24, 2.45) is 11.7 Å². The van der Waals surface area contributed by atoms with Crippen LogP contribution in [0.1, 0.15) is 46.0 Å². The van der Waals surface area contributed by atoms with Crippen LogP contribution in [0.3, 0.4) is 0 Å². The number of carboxylic acid groups (broad SMARTS) is 1. The van der Waals surface area contributed by atoms with E-state index in [0.717, 1.165) is 19.3 Å². The standard InChI is InChI=1S/C12H22N2O3/c1-3-7-12(2,13)11(17)14-9-6-4-5-8(9)10(15)16/h8-9H,3-7,13H2,1-2H3,(H,14,17)(H,15,16). The highest BCUT2D eigenvalue weighted by atomic mass is 16.4. The third-order valence-electron chi connectivity index (χ3n) is 3.44. The number of hydrogen-bond acceptors (Lipinski definition) is 3. The molecule has 0 bridgehead atoms. The molecule has 5 heteroatoms. The van der Waals surface area contributed by atoms with E-state index in [9.17, 15) is 9.59 Å². The maximum Gasteiger partial charge on any atom is 0.308 e. The molecule has 3 atom stereocenters. The Balaban J connectivity index is 2.59. The smallest absolute Gasteiger partial charge is 0.308 e. The molecular weight excluding hydrogens is 220 g/mol. The number of nitrogens with one attached hydrogen (secondary N) is 1. The predicted molar refractivity (Wildman–Crippen MR) is 64.4 cm³/mol. The maximum atomic E-state index is 11.9. The van der Waals surface area contributed by atoms with Gasteiger partial charge in [-0.2, -0.15) is 0 Å². The summed E-state index contributed by atoms with van der Waals surface area (Å²) < 4.78 is 0. The fraction of sp³-hybridized carbons (Fsp3) is 0.833. The van der Waals surface area contributed by atoms with Gasteiger partial charge in [-0.05, 0) is 26.2 Å². The third-order valence-corrected chi connectivity index (χ3v) is 3.44. The molecule has 1 aliphatic rings. The second kappa shape index (κ2) is 5.49. The van der Waals surface area contributed by atoms with Crippen molar-refractivity contribution in [1.29, 1.82) is 0 Å². The Hall–Kier alpha value is -1.10. The first kappa shape index (κ1) is 14.0. The Morgan fingerprint density at radius 3 is 2.65 bits per heavy atom. The highest BCUT2D eigenvalue weighted by Crippen LogP contribution is 2.26. The zero-order chi connectivity index (χ0) is 13.1. The zero-order valence-corrected chi connectivity index (χ0v) is 10.5. The first-order valence-electron chi connectivity index (χ1n) is 6.21. The largest absolute Gasteiger partial charge is 0.481 e. The average Bonchev–Trinajstić information content (AvgIpc) is 2.65. The van der Waals surface area contributed by atoms with Crippen molar-refractivity contribution in [3.8, 4) is 0 Å². The van der Waals surface area contributed by atoms with Crippen LogP contribution < -0.4 is 11.1 Å². The number of aliphatic carboxylic acids is 1. The highest BCUT2D eigenvalue weighted by Gasteiger charge is 2.37. The van der Waals surface area contributed by atoms with Gasteiger partial charge in [0.15, 0.2) is 0 Å². The van der Waals surface area contributed by atoms with Crippen LogP contribution in [-0.4, -0.2) is 28.6 Å². The summed E-state index contributed by atoms with van der Waals surface area (Å²) in [5.41, 5.74) is 5.01. The maximum absolute atomic E-state index is 11.9. The van der Waals surface area contributed by atoms with E-state index in [0.29, 0.717) is 12.8 Å². The number of rotatable bonds is 5. The van der Waals surface area contributed by atoms with Crippen LogP contribution in [0.15, 0.2) is 0 Å². The van der Waals surface area contributed by atoms with Gasteiger partial charge in [-0.25, -0.2) is 0 Å². The van der Waals surface area contributed by atoms with Crippen molar-refractivity contribution < 1.29 is 14.7 Å². The summed E-state index contributed by atoms with van der Waals surface area (Å²) in [6.45, 7) is 3.66. The van der Waals surface area contributed by atoms with Crippen molar-refractivity contribution >= 4 is 11.9 Å². The van der Waals surface area contributed by atoms with Crippen molar-refractivity contribution in [3.63, 3.8) is 0 Å². The Labute approximate surface area is 102 Å². The van der Waals surface area contributed by atoms with Crippen molar-refractivity contribution in [1.82, 2.24) is 5.32 Å². The molecule has 5 nitrogen and oxygen atoms in total. The average molecular weight is 242 g/mol.